The number of aromatic nitrogens is 3. The van der Waals surface area contributed by atoms with Crippen LogP contribution < -0.4 is 15.9 Å². The summed E-state index contributed by atoms with van der Waals surface area (Å²) in [5, 5.41) is 12.3. The number of nitrogens with zero attached hydrogens (tertiary/aromatic N) is 3. The molecule has 1 aromatic carbocycles. The van der Waals surface area contributed by atoms with Crippen LogP contribution >= 0.6 is 23.4 Å². The van der Waals surface area contributed by atoms with E-state index < -0.39 is 0 Å². The predicted octanol–water partition coefficient (Wildman–Crippen LogP) is 3.01. The molecule has 7 nitrogen and oxygen atoms in total. The van der Waals surface area contributed by atoms with Gasteiger partial charge in [-0.2, -0.15) is 0 Å². The van der Waals surface area contributed by atoms with Gasteiger partial charge in [-0.3, -0.25) is 4.79 Å². The quantitative estimate of drug-likeness (QED) is 0.539. The molecule has 2 atom stereocenters. The molecule has 0 bridgehead atoms. The predicted molar refractivity (Wildman–Crippen MR) is 106 cm³/mol. The Balaban J connectivity index is 1.48. The lowest BCUT2D eigenvalue weighted by atomic mass is 9.86. The van der Waals surface area contributed by atoms with E-state index in [2.05, 4.69) is 22.4 Å². The summed E-state index contributed by atoms with van der Waals surface area (Å²) in [5.41, 5.74) is 0. The zero-order valence-electron chi connectivity index (χ0n) is 15.2. The average Bonchev–Trinajstić information content (AvgIpc) is 3.01. The largest absolute Gasteiger partial charge is 0.486 e. The van der Waals surface area contributed by atoms with Crippen molar-refractivity contribution in [2.45, 2.75) is 50.4 Å². The lowest BCUT2D eigenvalue weighted by molar-refractivity contribution is -0.119. The smallest absolute Gasteiger partial charge is 0.230 e. The van der Waals surface area contributed by atoms with E-state index in [4.69, 9.17) is 22.2 Å². The number of nitrogens with two attached hydrogens (primary N) is 1. The number of carbonyl (C=O) groups excluding carboxylic acids is 1. The number of carbonyl (C=O) groups is 1. The minimum Gasteiger partial charge on any atom is -0.486 e. The fourth-order valence-electron chi connectivity index (χ4n) is 3.09. The number of rotatable bonds is 7. The van der Waals surface area contributed by atoms with Gasteiger partial charge in [0, 0.05) is 11.1 Å². The molecule has 146 valence electrons. The van der Waals surface area contributed by atoms with Gasteiger partial charge in [0.1, 0.15) is 12.4 Å². The molecule has 0 spiro atoms. The van der Waals surface area contributed by atoms with E-state index in [1.54, 1.807) is 24.3 Å². The molecule has 1 aliphatic carbocycles. The van der Waals surface area contributed by atoms with Gasteiger partial charge in [0.25, 0.3) is 0 Å². The molecular weight excluding hydrogens is 386 g/mol. The highest BCUT2D eigenvalue weighted by Crippen LogP contribution is 2.24. The van der Waals surface area contributed by atoms with Crippen LogP contribution in [0.1, 0.15) is 38.4 Å². The number of nitrogens with one attached hydrogen (secondary N) is 1. The first-order valence-corrected chi connectivity index (χ1v) is 10.4. The number of hydrogen-bond acceptors (Lipinski definition) is 6. The Morgan fingerprint density at radius 3 is 2.81 bits per heavy atom. The van der Waals surface area contributed by atoms with E-state index in [1.165, 1.54) is 35.7 Å². The van der Waals surface area contributed by atoms with Crippen LogP contribution in [0.2, 0.25) is 5.02 Å². The highest BCUT2D eigenvalue weighted by Gasteiger charge is 2.23. The second-order valence-corrected chi connectivity index (χ2v) is 8.11. The zero-order chi connectivity index (χ0) is 19.2. The van der Waals surface area contributed by atoms with Gasteiger partial charge < -0.3 is 15.9 Å². The first-order chi connectivity index (χ1) is 13.0. The van der Waals surface area contributed by atoms with Crippen molar-refractivity contribution < 1.29 is 9.53 Å². The highest BCUT2D eigenvalue weighted by atomic mass is 35.5. The molecule has 9 heteroatoms. The summed E-state index contributed by atoms with van der Waals surface area (Å²) >= 11 is 7.12. The molecule has 1 saturated carbocycles. The van der Waals surface area contributed by atoms with Crippen LogP contribution in [0.5, 0.6) is 5.75 Å². The van der Waals surface area contributed by atoms with Crippen LogP contribution in [0, 0.1) is 5.92 Å². The molecule has 0 radical (unpaired) electrons. The standard InChI is InChI=1S/C18H24ClN5O2S/c1-12-4-2-3-5-15(12)21-17(25)11-27-18-23-22-16(24(18)20)10-26-14-8-6-13(19)7-9-14/h6-9,12,15H,2-5,10-11,20H2,1H3,(H,21,25)/t12-,15+/m1/s1. The lowest BCUT2D eigenvalue weighted by Gasteiger charge is -2.29. The second-order valence-electron chi connectivity index (χ2n) is 6.74. The maximum atomic E-state index is 12.2. The maximum Gasteiger partial charge on any atom is 0.230 e. The van der Waals surface area contributed by atoms with Crippen LogP contribution in [-0.2, 0) is 11.4 Å². The van der Waals surface area contributed by atoms with Crippen molar-refractivity contribution in [2.24, 2.45) is 5.92 Å². The van der Waals surface area contributed by atoms with Gasteiger partial charge in [-0.25, -0.2) is 4.68 Å². The van der Waals surface area contributed by atoms with Crippen LogP contribution in [0.3, 0.4) is 0 Å². The molecule has 0 saturated heterocycles. The third kappa shape index (κ3) is 5.52. The Bertz CT molecular complexity index is 768. The van der Waals surface area contributed by atoms with Crippen molar-refractivity contribution in [3.63, 3.8) is 0 Å². The number of amides is 1. The summed E-state index contributed by atoms with van der Waals surface area (Å²) < 4.78 is 6.99. The Morgan fingerprint density at radius 2 is 2.07 bits per heavy atom. The van der Waals surface area contributed by atoms with Gasteiger partial charge in [-0.15, -0.1) is 10.2 Å². The average molecular weight is 410 g/mol. The molecule has 1 aromatic heterocycles. The van der Waals surface area contributed by atoms with Crippen molar-refractivity contribution in [3.05, 3.63) is 35.1 Å². The number of thioether (sulfide) groups is 1. The van der Waals surface area contributed by atoms with Crippen molar-refractivity contribution in [1.82, 2.24) is 20.2 Å². The van der Waals surface area contributed by atoms with E-state index in [9.17, 15) is 4.79 Å². The summed E-state index contributed by atoms with van der Waals surface area (Å²) in [5.74, 6) is 7.96. The molecule has 1 heterocycles. The van der Waals surface area contributed by atoms with Gasteiger partial charge in [-0.05, 0) is 43.0 Å². The molecule has 0 unspecified atom stereocenters. The van der Waals surface area contributed by atoms with Crippen LogP contribution in [0.25, 0.3) is 0 Å². The Labute approximate surface area is 168 Å². The normalized spacial score (nSPS) is 19.6. The van der Waals surface area contributed by atoms with Crippen LogP contribution in [-0.4, -0.2) is 32.6 Å². The lowest BCUT2D eigenvalue weighted by Crippen LogP contribution is -2.41. The number of benzene rings is 1. The van der Waals surface area contributed by atoms with Crippen molar-refractivity contribution in [2.75, 3.05) is 11.6 Å². The van der Waals surface area contributed by atoms with Gasteiger partial charge in [0.2, 0.25) is 11.1 Å². The van der Waals surface area contributed by atoms with Crippen molar-refractivity contribution >= 4 is 29.3 Å². The number of nitrogen functional groups attached to an aromatic ring is 1. The topological polar surface area (TPSA) is 95.1 Å². The Morgan fingerprint density at radius 1 is 1.33 bits per heavy atom. The fraction of sp³-hybridized carbons (Fsp3) is 0.500. The third-order valence-electron chi connectivity index (χ3n) is 4.71. The van der Waals surface area contributed by atoms with E-state index >= 15 is 0 Å². The first kappa shape index (κ1) is 19.8. The SMILES string of the molecule is C[C@@H]1CCCC[C@@H]1NC(=O)CSc1nnc(COc2ccc(Cl)cc2)n1N. The van der Waals surface area contributed by atoms with E-state index in [0.29, 0.717) is 27.7 Å². The second kappa shape index (κ2) is 9.32. The summed E-state index contributed by atoms with van der Waals surface area (Å²) in [4.78, 5) is 12.2. The van der Waals surface area contributed by atoms with Gasteiger partial charge in [0.15, 0.2) is 5.82 Å². The summed E-state index contributed by atoms with van der Waals surface area (Å²) in [6, 6.07) is 7.30. The number of ether oxygens (including phenoxy) is 1. The van der Waals surface area contributed by atoms with Crippen LogP contribution in [0.4, 0.5) is 0 Å². The molecule has 1 aliphatic rings. The van der Waals surface area contributed by atoms with E-state index in [1.807, 2.05) is 0 Å². The summed E-state index contributed by atoms with van der Waals surface area (Å²) in [6.45, 7) is 2.37. The molecule has 1 fully saturated rings. The Hall–Kier alpha value is -1.93. The Kier molecular flexibility index (Phi) is 6.84. The number of hydrogen-bond donors (Lipinski definition) is 2. The maximum absolute atomic E-state index is 12.2. The van der Waals surface area contributed by atoms with Crippen LogP contribution in [0.15, 0.2) is 29.4 Å². The zero-order valence-corrected chi connectivity index (χ0v) is 16.8. The first-order valence-electron chi connectivity index (χ1n) is 9.03. The molecule has 2 aromatic rings. The van der Waals surface area contributed by atoms with E-state index in [-0.39, 0.29) is 24.3 Å². The fourth-order valence-corrected chi connectivity index (χ4v) is 3.90. The minimum absolute atomic E-state index is 0.000661. The molecular formula is C18H24ClN5O2S. The molecule has 27 heavy (non-hydrogen) atoms. The minimum atomic E-state index is 0.000661. The van der Waals surface area contributed by atoms with Gasteiger partial charge in [0.05, 0.1) is 5.75 Å². The monoisotopic (exact) mass is 409 g/mol. The molecule has 3 N–H and O–H groups in total. The third-order valence-corrected chi connectivity index (χ3v) is 5.90. The number of halogens is 1. The van der Waals surface area contributed by atoms with Gasteiger partial charge in [-0.1, -0.05) is 43.1 Å². The molecule has 0 aliphatic heterocycles. The molecule has 3 rings (SSSR count). The highest BCUT2D eigenvalue weighted by molar-refractivity contribution is 7.99. The summed E-state index contributed by atoms with van der Waals surface area (Å²) in [6.07, 6.45) is 4.65. The molecule has 1 amide bonds. The summed E-state index contributed by atoms with van der Waals surface area (Å²) in [7, 11) is 0. The van der Waals surface area contributed by atoms with Crippen molar-refractivity contribution in [1.29, 1.82) is 0 Å². The van der Waals surface area contributed by atoms with E-state index in [0.717, 1.165) is 6.42 Å². The van der Waals surface area contributed by atoms with Gasteiger partial charge >= 0.3 is 0 Å². The van der Waals surface area contributed by atoms with Crippen molar-refractivity contribution in [3.8, 4) is 5.75 Å².